The summed E-state index contributed by atoms with van der Waals surface area (Å²) in [6.45, 7) is 6.43. The van der Waals surface area contributed by atoms with Gasteiger partial charge in [-0.15, -0.1) is 0 Å². The molecule has 1 amide bonds. The van der Waals surface area contributed by atoms with Crippen molar-refractivity contribution in [3.63, 3.8) is 0 Å². The van der Waals surface area contributed by atoms with Gasteiger partial charge in [0, 0.05) is 12.5 Å². The van der Waals surface area contributed by atoms with Crippen molar-refractivity contribution in [1.29, 1.82) is 0 Å². The third-order valence-corrected chi connectivity index (χ3v) is 3.20. The lowest BCUT2D eigenvalue weighted by atomic mass is 10.0. The highest BCUT2D eigenvalue weighted by molar-refractivity contribution is 5.76. The Balaban J connectivity index is 2.13. The van der Waals surface area contributed by atoms with Gasteiger partial charge in [-0.2, -0.15) is 0 Å². The van der Waals surface area contributed by atoms with Crippen LogP contribution >= 0.6 is 0 Å². The van der Waals surface area contributed by atoms with E-state index in [0.29, 0.717) is 18.4 Å². The topological polar surface area (TPSA) is 41.1 Å². The summed E-state index contributed by atoms with van der Waals surface area (Å²) < 4.78 is 0. The Hall–Kier alpha value is -0.570. The maximum absolute atomic E-state index is 11.6. The molecule has 1 aliphatic rings. The van der Waals surface area contributed by atoms with Gasteiger partial charge in [-0.05, 0) is 38.8 Å². The SMILES string of the molecule is CCCCCC(=O)NC(C)C1CCNC1. The van der Waals surface area contributed by atoms with E-state index in [-0.39, 0.29) is 5.91 Å². The van der Waals surface area contributed by atoms with E-state index in [2.05, 4.69) is 24.5 Å². The zero-order valence-corrected chi connectivity index (χ0v) is 10.0. The second-order valence-electron chi connectivity index (χ2n) is 4.57. The fraction of sp³-hybridized carbons (Fsp3) is 0.917. The average Bonchev–Trinajstić information content (AvgIpc) is 2.70. The van der Waals surface area contributed by atoms with Crippen LogP contribution in [0.3, 0.4) is 0 Å². The van der Waals surface area contributed by atoms with Crippen molar-refractivity contribution in [1.82, 2.24) is 10.6 Å². The predicted octanol–water partition coefficient (Wildman–Crippen LogP) is 1.68. The lowest BCUT2D eigenvalue weighted by molar-refractivity contribution is -0.122. The molecule has 0 aliphatic carbocycles. The van der Waals surface area contributed by atoms with E-state index in [1.807, 2.05) is 0 Å². The van der Waals surface area contributed by atoms with Gasteiger partial charge in [0.1, 0.15) is 0 Å². The molecule has 0 aromatic heterocycles. The Morgan fingerprint density at radius 1 is 1.53 bits per heavy atom. The van der Waals surface area contributed by atoms with Gasteiger partial charge in [-0.3, -0.25) is 4.79 Å². The summed E-state index contributed by atoms with van der Waals surface area (Å²) in [5.41, 5.74) is 0. The van der Waals surface area contributed by atoms with Crippen molar-refractivity contribution in [3.05, 3.63) is 0 Å². The van der Waals surface area contributed by atoms with Crippen molar-refractivity contribution in [2.24, 2.45) is 5.92 Å². The van der Waals surface area contributed by atoms with E-state index < -0.39 is 0 Å². The minimum absolute atomic E-state index is 0.225. The monoisotopic (exact) mass is 212 g/mol. The second-order valence-corrected chi connectivity index (χ2v) is 4.57. The Kier molecular flexibility index (Phi) is 5.69. The van der Waals surface area contributed by atoms with Crippen molar-refractivity contribution < 1.29 is 4.79 Å². The number of hydrogen-bond acceptors (Lipinski definition) is 2. The maximum Gasteiger partial charge on any atom is 0.220 e. The molecule has 88 valence electrons. The number of hydrogen-bond donors (Lipinski definition) is 2. The molecule has 2 N–H and O–H groups in total. The number of amides is 1. The van der Waals surface area contributed by atoms with Gasteiger partial charge in [0.05, 0.1) is 0 Å². The van der Waals surface area contributed by atoms with Crippen LogP contribution in [0.15, 0.2) is 0 Å². The van der Waals surface area contributed by atoms with E-state index in [1.165, 1.54) is 12.8 Å². The smallest absolute Gasteiger partial charge is 0.220 e. The van der Waals surface area contributed by atoms with E-state index in [1.54, 1.807) is 0 Å². The molecule has 3 nitrogen and oxygen atoms in total. The van der Waals surface area contributed by atoms with Crippen molar-refractivity contribution in [2.75, 3.05) is 13.1 Å². The summed E-state index contributed by atoms with van der Waals surface area (Å²) in [6, 6.07) is 0.328. The zero-order chi connectivity index (χ0) is 11.1. The Morgan fingerprint density at radius 3 is 2.93 bits per heavy atom. The molecule has 1 aliphatic heterocycles. The summed E-state index contributed by atoms with van der Waals surface area (Å²) in [5.74, 6) is 0.850. The Bertz CT molecular complexity index is 188. The minimum Gasteiger partial charge on any atom is -0.353 e. The maximum atomic E-state index is 11.6. The third kappa shape index (κ3) is 4.65. The molecule has 1 heterocycles. The number of carbonyl (C=O) groups excluding carboxylic acids is 1. The van der Waals surface area contributed by atoms with Gasteiger partial charge in [-0.1, -0.05) is 19.8 Å². The highest BCUT2D eigenvalue weighted by atomic mass is 16.1. The zero-order valence-electron chi connectivity index (χ0n) is 10.0. The molecule has 0 bridgehead atoms. The highest BCUT2D eigenvalue weighted by Crippen LogP contribution is 2.12. The quantitative estimate of drug-likeness (QED) is 0.658. The second kappa shape index (κ2) is 6.83. The molecular weight excluding hydrogens is 188 g/mol. The summed E-state index contributed by atoms with van der Waals surface area (Å²) in [6.07, 6.45) is 5.24. The van der Waals surface area contributed by atoms with Crippen LogP contribution in [0.4, 0.5) is 0 Å². The van der Waals surface area contributed by atoms with Crippen LogP contribution in [0.1, 0.15) is 46.0 Å². The number of rotatable bonds is 6. The van der Waals surface area contributed by atoms with Crippen LogP contribution in [0.2, 0.25) is 0 Å². The van der Waals surface area contributed by atoms with Crippen LogP contribution in [0.25, 0.3) is 0 Å². The van der Waals surface area contributed by atoms with Gasteiger partial charge in [0.25, 0.3) is 0 Å². The molecule has 2 atom stereocenters. The fourth-order valence-corrected chi connectivity index (χ4v) is 2.08. The van der Waals surface area contributed by atoms with Crippen LogP contribution < -0.4 is 10.6 Å². The summed E-state index contributed by atoms with van der Waals surface area (Å²) in [7, 11) is 0. The lowest BCUT2D eigenvalue weighted by Crippen LogP contribution is -2.38. The number of nitrogens with one attached hydrogen (secondary N) is 2. The first-order valence-corrected chi connectivity index (χ1v) is 6.24. The van der Waals surface area contributed by atoms with Gasteiger partial charge >= 0.3 is 0 Å². The first-order valence-electron chi connectivity index (χ1n) is 6.24. The Morgan fingerprint density at radius 2 is 2.33 bits per heavy atom. The predicted molar refractivity (Wildman–Crippen MR) is 62.7 cm³/mol. The summed E-state index contributed by atoms with van der Waals surface area (Å²) in [4.78, 5) is 11.6. The standard InChI is InChI=1S/C12H24N2O/c1-3-4-5-6-12(15)14-10(2)11-7-8-13-9-11/h10-11,13H,3-9H2,1-2H3,(H,14,15). The first kappa shape index (κ1) is 12.5. The van der Waals surface area contributed by atoms with Crippen LogP contribution in [0, 0.1) is 5.92 Å². The first-order chi connectivity index (χ1) is 7.24. The number of unbranched alkanes of at least 4 members (excludes halogenated alkanes) is 2. The molecule has 0 aromatic rings. The van der Waals surface area contributed by atoms with Gasteiger partial charge < -0.3 is 10.6 Å². The van der Waals surface area contributed by atoms with Gasteiger partial charge in [0.2, 0.25) is 5.91 Å². The molecule has 1 fully saturated rings. The minimum atomic E-state index is 0.225. The third-order valence-electron chi connectivity index (χ3n) is 3.20. The molecule has 1 saturated heterocycles. The van der Waals surface area contributed by atoms with Crippen LogP contribution in [-0.2, 0) is 4.79 Å². The van der Waals surface area contributed by atoms with E-state index >= 15 is 0 Å². The van der Waals surface area contributed by atoms with E-state index in [0.717, 1.165) is 25.9 Å². The molecular formula is C12H24N2O. The lowest BCUT2D eigenvalue weighted by Gasteiger charge is -2.19. The Labute approximate surface area is 93.0 Å². The largest absolute Gasteiger partial charge is 0.353 e. The molecule has 0 saturated carbocycles. The van der Waals surface area contributed by atoms with Gasteiger partial charge in [0.15, 0.2) is 0 Å². The van der Waals surface area contributed by atoms with E-state index in [4.69, 9.17) is 0 Å². The van der Waals surface area contributed by atoms with Crippen LogP contribution in [-0.4, -0.2) is 25.0 Å². The molecule has 0 aromatic carbocycles. The van der Waals surface area contributed by atoms with E-state index in [9.17, 15) is 4.79 Å². The fourth-order valence-electron chi connectivity index (χ4n) is 2.08. The van der Waals surface area contributed by atoms with Crippen molar-refractivity contribution in [2.45, 2.75) is 52.0 Å². The summed E-state index contributed by atoms with van der Waals surface area (Å²) >= 11 is 0. The van der Waals surface area contributed by atoms with Crippen molar-refractivity contribution >= 4 is 5.91 Å². The average molecular weight is 212 g/mol. The van der Waals surface area contributed by atoms with Crippen molar-refractivity contribution in [3.8, 4) is 0 Å². The van der Waals surface area contributed by atoms with Crippen LogP contribution in [0.5, 0.6) is 0 Å². The summed E-state index contributed by atoms with van der Waals surface area (Å²) in [5, 5.41) is 6.43. The highest BCUT2D eigenvalue weighted by Gasteiger charge is 2.22. The normalized spacial score (nSPS) is 22.7. The molecule has 15 heavy (non-hydrogen) atoms. The number of carbonyl (C=O) groups is 1. The van der Waals surface area contributed by atoms with Gasteiger partial charge in [-0.25, -0.2) is 0 Å². The molecule has 0 radical (unpaired) electrons. The molecule has 1 rings (SSSR count). The molecule has 0 spiro atoms. The molecule has 3 heteroatoms. The molecule has 2 unspecified atom stereocenters.